The van der Waals surface area contributed by atoms with Gasteiger partial charge in [0.2, 0.25) is 0 Å². The molecule has 2 heterocycles. The molecule has 5 nitrogen and oxygen atoms in total. The lowest BCUT2D eigenvalue weighted by atomic mass is 10.0. The summed E-state index contributed by atoms with van der Waals surface area (Å²) in [5.41, 5.74) is 2.04. The van der Waals surface area contributed by atoms with Crippen LogP contribution in [0, 0.1) is 5.92 Å². The van der Waals surface area contributed by atoms with Crippen molar-refractivity contribution < 1.29 is 4.79 Å². The Labute approximate surface area is 141 Å². The number of hydrogen-bond donors (Lipinski definition) is 1. The molecule has 1 fully saturated rings. The van der Waals surface area contributed by atoms with Crippen LogP contribution in [-0.2, 0) is 0 Å². The summed E-state index contributed by atoms with van der Waals surface area (Å²) in [6.45, 7) is 0. The minimum Gasteiger partial charge on any atom is -0.343 e. The molecule has 4 rings (SSSR count). The predicted molar refractivity (Wildman–Crippen MR) is 90.1 cm³/mol. The topological polar surface area (TPSA) is 59.3 Å². The summed E-state index contributed by atoms with van der Waals surface area (Å²) in [4.78, 5) is 21.2. The summed E-state index contributed by atoms with van der Waals surface area (Å²) in [6.07, 6.45) is 7.35. The second kappa shape index (κ2) is 5.77. The first kappa shape index (κ1) is 14.4. The van der Waals surface area contributed by atoms with Crippen molar-refractivity contribution in [1.29, 1.82) is 0 Å². The van der Waals surface area contributed by atoms with Crippen LogP contribution in [0.25, 0.3) is 5.65 Å². The molecule has 1 atom stereocenters. The molecule has 1 N–H and O–H groups in total. The summed E-state index contributed by atoms with van der Waals surface area (Å²) in [5, 5.41) is 3.14. The van der Waals surface area contributed by atoms with Gasteiger partial charge in [0.15, 0.2) is 11.3 Å². The van der Waals surface area contributed by atoms with Crippen molar-refractivity contribution in [2.75, 3.05) is 0 Å². The summed E-state index contributed by atoms with van der Waals surface area (Å²) in [5.74, 6) is 0.321. The van der Waals surface area contributed by atoms with Gasteiger partial charge in [0.1, 0.15) is 4.60 Å². The average Bonchev–Trinajstić information content (AvgIpc) is 3.36. The number of imidazole rings is 1. The van der Waals surface area contributed by atoms with Crippen molar-refractivity contribution in [3.8, 4) is 0 Å². The van der Waals surface area contributed by atoms with Gasteiger partial charge < -0.3 is 5.32 Å². The van der Waals surface area contributed by atoms with Crippen LogP contribution in [0.5, 0.6) is 0 Å². The molecule has 116 valence electrons. The van der Waals surface area contributed by atoms with E-state index < -0.39 is 0 Å². The van der Waals surface area contributed by atoms with Crippen LogP contribution >= 0.6 is 15.9 Å². The minimum absolute atomic E-state index is 0.0316. The molecule has 1 aliphatic carbocycles. The van der Waals surface area contributed by atoms with Crippen LogP contribution in [0.4, 0.5) is 0 Å². The van der Waals surface area contributed by atoms with Gasteiger partial charge in [-0.1, -0.05) is 30.3 Å². The molecule has 1 amide bonds. The Bertz CT molecular complexity index is 857. The SMILES string of the molecule is O=C(NC(c1ccccc1)C1CC1)c1nccn2c(Br)cnc12. The molecule has 0 bridgehead atoms. The lowest BCUT2D eigenvalue weighted by Gasteiger charge is -2.18. The molecule has 1 aliphatic rings. The molecule has 3 aromatic rings. The molecular weight excluding hydrogens is 356 g/mol. The fraction of sp³-hybridized carbons (Fsp3) is 0.235. The van der Waals surface area contributed by atoms with Crippen LogP contribution in [0.2, 0.25) is 0 Å². The molecule has 0 aliphatic heterocycles. The third kappa shape index (κ3) is 2.74. The van der Waals surface area contributed by atoms with Gasteiger partial charge >= 0.3 is 0 Å². The van der Waals surface area contributed by atoms with Gasteiger partial charge in [0, 0.05) is 12.4 Å². The molecule has 1 aromatic carbocycles. The number of carbonyl (C=O) groups is 1. The van der Waals surface area contributed by atoms with Crippen molar-refractivity contribution in [1.82, 2.24) is 19.7 Å². The van der Waals surface area contributed by atoms with E-state index in [-0.39, 0.29) is 11.9 Å². The average molecular weight is 371 g/mol. The second-order valence-corrected chi connectivity index (χ2v) is 6.56. The molecule has 1 unspecified atom stereocenters. The van der Waals surface area contributed by atoms with Gasteiger partial charge in [0.05, 0.1) is 12.2 Å². The van der Waals surface area contributed by atoms with E-state index in [9.17, 15) is 4.79 Å². The lowest BCUT2D eigenvalue weighted by molar-refractivity contribution is 0.0928. The highest BCUT2D eigenvalue weighted by atomic mass is 79.9. The first-order chi connectivity index (χ1) is 11.2. The van der Waals surface area contributed by atoms with Gasteiger partial charge in [-0.25, -0.2) is 9.97 Å². The van der Waals surface area contributed by atoms with Crippen LogP contribution in [0.15, 0.2) is 53.5 Å². The smallest absolute Gasteiger partial charge is 0.274 e. The Balaban J connectivity index is 1.65. The van der Waals surface area contributed by atoms with E-state index in [2.05, 4.69) is 43.3 Å². The summed E-state index contributed by atoms with van der Waals surface area (Å²) in [7, 11) is 0. The number of amides is 1. The molecule has 0 saturated heterocycles. The third-order valence-electron chi connectivity index (χ3n) is 4.14. The molecule has 1 saturated carbocycles. The quantitative estimate of drug-likeness (QED) is 0.765. The Morgan fingerprint density at radius 2 is 2.04 bits per heavy atom. The number of nitrogens with zero attached hydrogens (tertiary/aromatic N) is 3. The third-order valence-corrected chi connectivity index (χ3v) is 4.72. The van der Waals surface area contributed by atoms with Gasteiger partial charge in [-0.2, -0.15) is 0 Å². The van der Waals surface area contributed by atoms with E-state index in [4.69, 9.17) is 0 Å². The number of nitrogens with one attached hydrogen (secondary N) is 1. The number of hydrogen-bond acceptors (Lipinski definition) is 3. The second-order valence-electron chi connectivity index (χ2n) is 5.75. The van der Waals surface area contributed by atoms with Crippen LogP contribution in [0.3, 0.4) is 0 Å². The van der Waals surface area contributed by atoms with E-state index in [0.29, 0.717) is 17.3 Å². The van der Waals surface area contributed by atoms with Gasteiger partial charge in [-0.05, 0) is 40.3 Å². The van der Waals surface area contributed by atoms with Crippen molar-refractivity contribution in [2.24, 2.45) is 5.92 Å². The standard InChI is InChI=1S/C17H15BrN4O/c18-13-10-20-16-15(19-8-9-22(13)16)17(23)21-14(12-6-7-12)11-4-2-1-3-5-11/h1-5,8-10,12,14H,6-7H2,(H,21,23). The van der Waals surface area contributed by atoms with E-state index >= 15 is 0 Å². The first-order valence-electron chi connectivity index (χ1n) is 7.57. The zero-order valence-electron chi connectivity index (χ0n) is 12.3. The molecule has 0 spiro atoms. The monoisotopic (exact) mass is 370 g/mol. The highest BCUT2D eigenvalue weighted by Gasteiger charge is 2.34. The lowest BCUT2D eigenvalue weighted by Crippen LogP contribution is -2.31. The number of aromatic nitrogens is 3. The normalized spacial score (nSPS) is 15.5. The molecule has 6 heteroatoms. The van der Waals surface area contributed by atoms with Crippen molar-refractivity contribution in [3.63, 3.8) is 0 Å². The molecule has 23 heavy (non-hydrogen) atoms. The van der Waals surface area contributed by atoms with Crippen molar-refractivity contribution in [2.45, 2.75) is 18.9 Å². The highest BCUT2D eigenvalue weighted by Crippen LogP contribution is 2.41. The van der Waals surface area contributed by atoms with Gasteiger partial charge in [-0.3, -0.25) is 9.20 Å². The Hall–Kier alpha value is -2.21. The zero-order chi connectivity index (χ0) is 15.8. The first-order valence-corrected chi connectivity index (χ1v) is 8.37. The Kier molecular flexibility index (Phi) is 3.61. The fourth-order valence-corrected chi connectivity index (χ4v) is 3.21. The predicted octanol–water partition coefficient (Wildman–Crippen LogP) is 3.37. The molecule has 2 aromatic heterocycles. The van der Waals surface area contributed by atoms with E-state index in [1.165, 1.54) is 0 Å². The van der Waals surface area contributed by atoms with Crippen LogP contribution in [-0.4, -0.2) is 20.3 Å². The summed E-state index contributed by atoms with van der Waals surface area (Å²) >= 11 is 3.41. The molecular formula is C17H15BrN4O. The highest BCUT2D eigenvalue weighted by molar-refractivity contribution is 9.10. The number of benzene rings is 1. The zero-order valence-corrected chi connectivity index (χ0v) is 13.9. The number of fused-ring (bicyclic) bond motifs is 1. The largest absolute Gasteiger partial charge is 0.343 e. The van der Waals surface area contributed by atoms with E-state index in [1.54, 1.807) is 23.0 Å². The number of halogens is 1. The summed E-state index contributed by atoms with van der Waals surface area (Å²) in [6, 6.07) is 10.1. The Morgan fingerprint density at radius 1 is 1.26 bits per heavy atom. The maximum Gasteiger partial charge on any atom is 0.274 e. The van der Waals surface area contributed by atoms with Crippen LogP contribution < -0.4 is 5.32 Å². The van der Waals surface area contributed by atoms with Crippen molar-refractivity contribution >= 4 is 27.5 Å². The Morgan fingerprint density at radius 3 is 2.78 bits per heavy atom. The van der Waals surface area contributed by atoms with E-state index in [1.807, 2.05) is 18.2 Å². The molecule has 0 radical (unpaired) electrons. The maximum absolute atomic E-state index is 12.7. The van der Waals surface area contributed by atoms with Gasteiger partial charge in [0.25, 0.3) is 5.91 Å². The minimum atomic E-state index is -0.186. The van der Waals surface area contributed by atoms with Crippen molar-refractivity contribution in [3.05, 3.63) is 64.8 Å². The fourth-order valence-electron chi connectivity index (χ4n) is 2.82. The maximum atomic E-state index is 12.7. The van der Waals surface area contributed by atoms with E-state index in [0.717, 1.165) is 23.0 Å². The van der Waals surface area contributed by atoms with Crippen LogP contribution in [0.1, 0.15) is 34.9 Å². The van der Waals surface area contributed by atoms with Gasteiger partial charge in [-0.15, -0.1) is 0 Å². The summed E-state index contributed by atoms with van der Waals surface area (Å²) < 4.78 is 2.60. The number of rotatable bonds is 4. The number of carbonyl (C=O) groups excluding carboxylic acids is 1.